The molecule has 0 aliphatic carbocycles. The van der Waals surface area contributed by atoms with Gasteiger partial charge in [-0.25, -0.2) is 9.50 Å². The van der Waals surface area contributed by atoms with Gasteiger partial charge in [0.1, 0.15) is 18.2 Å². The first-order chi connectivity index (χ1) is 12.6. The van der Waals surface area contributed by atoms with Gasteiger partial charge in [-0.1, -0.05) is 0 Å². The van der Waals surface area contributed by atoms with Crippen LogP contribution in [0.15, 0.2) is 33.6 Å². The van der Waals surface area contributed by atoms with Crippen LogP contribution in [0.2, 0.25) is 0 Å². The lowest BCUT2D eigenvalue weighted by atomic mass is 9.85. The molecule has 0 saturated heterocycles. The lowest BCUT2D eigenvalue weighted by Gasteiger charge is -2.30. The van der Waals surface area contributed by atoms with E-state index in [9.17, 15) is 9.90 Å². The van der Waals surface area contributed by atoms with Crippen molar-refractivity contribution in [3.05, 3.63) is 46.3 Å². The van der Waals surface area contributed by atoms with Crippen LogP contribution < -0.4 is 16.8 Å². The minimum absolute atomic E-state index is 0.225. The monoisotopic (exact) mass is 436 g/mol. The molecular weight excluding hydrogens is 416 g/mol. The Morgan fingerprint density at radius 1 is 1.48 bits per heavy atom. The third kappa shape index (κ3) is 3.55. The van der Waals surface area contributed by atoms with Crippen molar-refractivity contribution >= 4 is 33.0 Å². The second kappa shape index (κ2) is 6.95. The molecule has 1 unspecified atom stereocenters. The van der Waals surface area contributed by atoms with E-state index in [1.165, 1.54) is 12.5 Å². The Kier molecular flexibility index (Phi) is 4.98. The number of aliphatic hydroxyl groups is 1. The van der Waals surface area contributed by atoms with Gasteiger partial charge in [0.2, 0.25) is 5.89 Å². The predicted octanol–water partition coefficient (Wildman–Crippen LogP) is 1.91. The Balaban J connectivity index is 2.00. The van der Waals surface area contributed by atoms with Crippen LogP contribution in [-0.4, -0.2) is 31.7 Å². The predicted molar refractivity (Wildman–Crippen MR) is 103 cm³/mol. The first-order valence-corrected chi connectivity index (χ1v) is 9.03. The molecule has 27 heavy (non-hydrogen) atoms. The quantitative estimate of drug-likeness (QED) is 0.431. The number of nitrogens with zero attached hydrogens (tertiary/aromatic N) is 3. The molecule has 0 fully saturated rings. The summed E-state index contributed by atoms with van der Waals surface area (Å²) in [6, 6.07) is 1.62. The van der Waals surface area contributed by atoms with Crippen LogP contribution in [0, 0.1) is 0 Å². The molecule has 144 valence electrons. The fourth-order valence-electron chi connectivity index (χ4n) is 2.66. The van der Waals surface area contributed by atoms with E-state index in [0.717, 1.165) is 4.47 Å². The van der Waals surface area contributed by atoms with Gasteiger partial charge < -0.3 is 26.3 Å². The lowest BCUT2D eigenvalue weighted by Crippen LogP contribution is -2.38. The number of primary amides is 1. The average Bonchev–Trinajstić information content (AvgIpc) is 3.21. The molecule has 0 saturated carbocycles. The van der Waals surface area contributed by atoms with Crippen LogP contribution in [0.1, 0.15) is 48.9 Å². The molecule has 0 aromatic carbocycles. The normalized spacial score (nSPS) is 14.3. The third-order valence-corrected chi connectivity index (χ3v) is 5.12. The van der Waals surface area contributed by atoms with Crippen molar-refractivity contribution in [2.24, 2.45) is 11.5 Å². The second-order valence-corrected chi connectivity index (χ2v) is 7.81. The van der Waals surface area contributed by atoms with Crippen LogP contribution in [-0.2, 0) is 5.41 Å². The molecule has 10 heteroatoms. The van der Waals surface area contributed by atoms with Crippen molar-refractivity contribution in [3.63, 3.8) is 0 Å². The lowest BCUT2D eigenvalue weighted by molar-refractivity contribution is 0.100. The molecule has 1 amide bonds. The highest BCUT2D eigenvalue weighted by atomic mass is 79.9. The highest BCUT2D eigenvalue weighted by molar-refractivity contribution is 9.10. The average molecular weight is 437 g/mol. The molecule has 2 atom stereocenters. The fraction of sp³-hybridized carbons (Fsp3) is 0.353. The molecular formula is C17H21BrN6O3. The van der Waals surface area contributed by atoms with E-state index in [2.05, 4.69) is 31.3 Å². The summed E-state index contributed by atoms with van der Waals surface area (Å²) in [6.07, 6.45) is 3.33. The summed E-state index contributed by atoms with van der Waals surface area (Å²) < 4.78 is 7.98. The number of amides is 1. The van der Waals surface area contributed by atoms with Gasteiger partial charge in [0.25, 0.3) is 5.91 Å². The number of aliphatic hydroxyl groups excluding tert-OH is 1. The summed E-state index contributed by atoms with van der Waals surface area (Å²) in [7, 11) is 0. The molecule has 6 N–H and O–H groups in total. The van der Waals surface area contributed by atoms with E-state index in [1.54, 1.807) is 10.7 Å². The molecule has 3 aromatic heterocycles. The Labute approximate surface area is 163 Å². The molecule has 0 radical (unpaired) electrons. The second-order valence-electron chi connectivity index (χ2n) is 6.90. The molecule has 3 aromatic rings. The van der Waals surface area contributed by atoms with E-state index < -0.39 is 17.6 Å². The standard InChI is InChI=1S/C17H21BrN6O3/c1-8(17(2,3)16-23-11(7-27-16)15(20)26)22-13-10(14(19)25)5-21-24-6-9(18)4-12(13)24/h4-8,15,22,26H,20H2,1-3H3,(H2,19,25)/t8-,15?/m1/s1. The van der Waals surface area contributed by atoms with Crippen LogP contribution in [0.4, 0.5) is 5.69 Å². The number of carbonyl (C=O) groups excluding carboxylic acids is 1. The van der Waals surface area contributed by atoms with E-state index in [1.807, 2.05) is 26.8 Å². The highest BCUT2D eigenvalue weighted by Gasteiger charge is 2.34. The fourth-order valence-corrected chi connectivity index (χ4v) is 3.07. The van der Waals surface area contributed by atoms with E-state index in [-0.39, 0.29) is 17.3 Å². The van der Waals surface area contributed by atoms with E-state index >= 15 is 0 Å². The molecule has 3 rings (SSSR count). The van der Waals surface area contributed by atoms with Crippen LogP contribution in [0.5, 0.6) is 0 Å². The minimum atomic E-state index is -1.21. The first kappa shape index (κ1) is 19.3. The maximum Gasteiger partial charge on any atom is 0.252 e. The van der Waals surface area contributed by atoms with Gasteiger partial charge in [-0.15, -0.1) is 0 Å². The maximum atomic E-state index is 11.9. The number of rotatable bonds is 6. The largest absolute Gasteiger partial charge is 0.448 e. The van der Waals surface area contributed by atoms with Crippen molar-refractivity contribution in [2.45, 2.75) is 38.5 Å². The molecule has 0 bridgehead atoms. The number of halogens is 1. The molecule has 3 heterocycles. The summed E-state index contributed by atoms with van der Waals surface area (Å²) in [6.45, 7) is 5.79. The van der Waals surface area contributed by atoms with Crippen LogP contribution in [0.25, 0.3) is 5.52 Å². The zero-order valence-electron chi connectivity index (χ0n) is 15.1. The number of fused-ring (bicyclic) bond motifs is 1. The molecule has 9 nitrogen and oxygen atoms in total. The van der Waals surface area contributed by atoms with Gasteiger partial charge in [0.05, 0.1) is 28.4 Å². The Morgan fingerprint density at radius 3 is 2.78 bits per heavy atom. The number of anilines is 1. The number of oxazole rings is 1. The Bertz CT molecular complexity index is 994. The number of hydrogen-bond donors (Lipinski definition) is 4. The van der Waals surface area contributed by atoms with Gasteiger partial charge in [-0.3, -0.25) is 4.79 Å². The Morgan fingerprint density at radius 2 is 2.19 bits per heavy atom. The van der Waals surface area contributed by atoms with Crippen molar-refractivity contribution in [3.8, 4) is 0 Å². The van der Waals surface area contributed by atoms with Crippen LogP contribution >= 0.6 is 15.9 Å². The number of nitrogens with two attached hydrogens (primary N) is 2. The number of aromatic nitrogens is 3. The summed E-state index contributed by atoms with van der Waals surface area (Å²) >= 11 is 3.41. The summed E-state index contributed by atoms with van der Waals surface area (Å²) in [4.78, 5) is 16.2. The highest BCUT2D eigenvalue weighted by Crippen LogP contribution is 2.32. The first-order valence-electron chi connectivity index (χ1n) is 8.24. The topological polar surface area (TPSA) is 145 Å². The summed E-state index contributed by atoms with van der Waals surface area (Å²) in [5.41, 5.74) is 12.2. The minimum Gasteiger partial charge on any atom is -0.448 e. The Hall–Kier alpha value is -2.43. The third-order valence-electron chi connectivity index (χ3n) is 4.69. The summed E-state index contributed by atoms with van der Waals surface area (Å²) in [5.74, 6) is -0.177. The van der Waals surface area contributed by atoms with Crippen molar-refractivity contribution in [1.82, 2.24) is 14.6 Å². The smallest absolute Gasteiger partial charge is 0.252 e. The van der Waals surface area contributed by atoms with Gasteiger partial charge >= 0.3 is 0 Å². The van der Waals surface area contributed by atoms with E-state index in [4.69, 9.17) is 15.9 Å². The zero-order chi connectivity index (χ0) is 19.9. The van der Waals surface area contributed by atoms with Gasteiger partial charge in [0, 0.05) is 16.7 Å². The van der Waals surface area contributed by atoms with Gasteiger partial charge in [-0.2, -0.15) is 5.10 Å². The number of nitrogens with one attached hydrogen (secondary N) is 1. The van der Waals surface area contributed by atoms with Gasteiger partial charge in [-0.05, 0) is 42.8 Å². The van der Waals surface area contributed by atoms with Crippen molar-refractivity contribution in [1.29, 1.82) is 0 Å². The van der Waals surface area contributed by atoms with Crippen molar-refractivity contribution in [2.75, 3.05) is 5.32 Å². The maximum absolute atomic E-state index is 11.9. The molecule has 0 aliphatic rings. The molecule has 0 aliphatic heterocycles. The molecule has 0 spiro atoms. The van der Waals surface area contributed by atoms with Crippen molar-refractivity contribution < 1.29 is 14.3 Å². The van der Waals surface area contributed by atoms with Crippen LogP contribution in [0.3, 0.4) is 0 Å². The zero-order valence-corrected chi connectivity index (χ0v) is 16.7. The SMILES string of the molecule is C[C@@H](Nc1c(C(N)=O)cnn2cc(Br)cc12)C(C)(C)c1nc(C(N)O)co1. The summed E-state index contributed by atoms with van der Waals surface area (Å²) in [5, 5.41) is 17.0. The number of carbonyl (C=O) groups is 1. The van der Waals surface area contributed by atoms with E-state index in [0.29, 0.717) is 17.1 Å². The van der Waals surface area contributed by atoms with Gasteiger partial charge in [0.15, 0.2) is 0 Å². The number of hydrogen-bond acceptors (Lipinski definition) is 7.